The molecular formula is C65H88N12O12. The molecule has 480 valence electrons. The molecule has 9 atom stereocenters. The third-order valence-electron chi connectivity index (χ3n) is 15.8. The predicted octanol–water partition coefficient (Wildman–Crippen LogP) is 2.32. The number of unbranched alkanes of at least 4 members (excludes halogenated alkanes) is 2. The number of rotatable bonds is 33. The number of fused-ring (bicyclic) bond motifs is 3. The fourth-order valence-electron chi connectivity index (χ4n) is 10.9. The zero-order chi connectivity index (χ0) is 64.7. The summed E-state index contributed by atoms with van der Waals surface area (Å²) in [7, 11) is 0. The molecule has 4 aromatic carbocycles. The van der Waals surface area contributed by atoms with Crippen molar-refractivity contribution in [2.75, 3.05) is 26.2 Å². The first-order valence-corrected chi connectivity index (χ1v) is 30.6. The summed E-state index contributed by atoms with van der Waals surface area (Å²) in [6.07, 6.45) is 1.83. The number of primary amides is 1. The molecule has 0 aromatic heterocycles. The van der Waals surface area contributed by atoms with E-state index in [2.05, 4.69) is 42.5 Å². The average molecular weight is 1230 g/mol. The average Bonchev–Trinajstić information content (AvgIpc) is 1.66. The molecule has 15 N–H and O–H groups in total. The van der Waals surface area contributed by atoms with Crippen LogP contribution in [0.2, 0.25) is 0 Å². The maximum Gasteiger partial charge on any atom is 0.407 e. The van der Waals surface area contributed by atoms with Crippen LogP contribution in [0.4, 0.5) is 4.79 Å². The molecule has 0 bridgehead atoms. The zero-order valence-corrected chi connectivity index (χ0v) is 51.4. The molecule has 0 unspecified atom stereocenters. The fourth-order valence-corrected chi connectivity index (χ4v) is 10.9. The van der Waals surface area contributed by atoms with Crippen molar-refractivity contribution in [2.45, 2.75) is 166 Å². The number of carbonyl (C=O) groups excluding carboxylic acids is 10. The van der Waals surface area contributed by atoms with E-state index in [1.807, 2.05) is 62.4 Å². The quantitative estimate of drug-likeness (QED) is 0.0305. The first kappa shape index (κ1) is 69.2. The monoisotopic (exact) mass is 1230 g/mol. The van der Waals surface area contributed by atoms with Crippen molar-refractivity contribution in [3.63, 3.8) is 0 Å². The molecule has 1 fully saturated rings. The Kier molecular flexibility index (Phi) is 26.4. The highest BCUT2D eigenvalue weighted by Gasteiger charge is 2.40. The molecule has 0 radical (unpaired) electrons. The minimum atomic E-state index is -1.31. The van der Waals surface area contributed by atoms with Crippen molar-refractivity contribution in [3.05, 3.63) is 125 Å². The Morgan fingerprint density at radius 2 is 0.989 bits per heavy atom. The van der Waals surface area contributed by atoms with Gasteiger partial charge in [0.2, 0.25) is 53.2 Å². The third kappa shape index (κ3) is 20.3. The zero-order valence-electron chi connectivity index (χ0n) is 51.4. The van der Waals surface area contributed by atoms with E-state index in [1.165, 1.54) is 37.8 Å². The number of ether oxygens (including phenoxy) is 1. The molecule has 24 nitrogen and oxygen atoms in total. The van der Waals surface area contributed by atoms with Crippen LogP contribution in [-0.4, -0.2) is 150 Å². The minimum Gasteiger partial charge on any atom is -0.508 e. The van der Waals surface area contributed by atoms with Crippen molar-refractivity contribution in [2.24, 2.45) is 23.1 Å². The van der Waals surface area contributed by atoms with Crippen LogP contribution in [0.3, 0.4) is 0 Å². The molecule has 0 spiro atoms. The van der Waals surface area contributed by atoms with Crippen molar-refractivity contribution >= 4 is 59.3 Å². The number of nitrogens with zero attached hydrogens (tertiary/aromatic N) is 1. The lowest BCUT2D eigenvalue weighted by atomic mass is 9.98. The van der Waals surface area contributed by atoms with E-state index in [1.54, 1.807) is 42.5 Å². The normalized spacial score (nSPS) is 16.1. The lowest BCUT2D eigenvalue weighted by Crippen LogP contribution is -2.60. The molecule has 6 rings (SSSR count). The number of phenolic OH excluding ortho intramolecular Hbond substituents is 1. The largest absolute Gasteiger partial charge is 0.508 e. The summed E-state index contributed by atoms with van der Waals surface area (Å²) >= 11 is 0. The number of alkyl carbamates (subject to hydrolysis) is 1. The highest BCUT2D eigenvalue weighted by atomic mass is 16.5. The van der Waals surface area contributed by atoms with Gasteiger partial charge in [0.25, 0.3) is 0 Å². The van der Waals surface area contributed by atoms with Crippen LogP contribution < -0.4 is 59.7 Å². The lowest BCUT2D eigenvalue weighted by molar-refractivity contribution is -0.142. The molecule has 89 heavy (non-hydrogen) atoms. The Labute approximate surface area is 519 Å². The maximum atomic E-state index is 14.7. The van der Waals surface area contributed by atoms with Gasteiger partial charge in [-0.1, -0.05) is 105 Å². The molecule has 24 heteroatoms. The molecule has 0 saturated carbocycles. The van der Waals surface area contributed by atoms with Gasteiger partial charge in [-0.05, 0) is 143 Å². The van der Waals surface area contributed by atoms with E-state index in [0.29, 0.717) is 43.2 Å². The Morgan fingerprint density at radius 1 is 0.528 bits per heavy atom. The first-order chi connectivity index (χ1) is 42.6. The highest BCUT2D eigenvalue weighted by Crippen LogP contribution is 2.44. The van der Waals surface area contributed by atoms with Crippen LogP contribution in [-0.2, 0) is 60.7 Å². The van der Waals surface area contributed by atoms with Crippen LogP contribution in [0.1, 0.15) is 121 Å². The Morgan fingerprint density at radius 3 is 1.55 bits per heavy atom. The van der Waals surface area contributed by atoms with Gasteiger partial charge in [-0.15, -0.1) is 0 Å². The second-order valence-electron chi connectivity index (χ2n) is 23.3. The molecule has 1 aliphatic carbocycles. The van der Waals surface area contributed by atoms with Crippen LogP contribution in [0.15, 0.2) is 103 Å². The van der Waals surface area contributed by atoms with E-state index in [9.17, 15) is 53.1 Å². The van der Waals surface area contributed by atoms with Gasteiger partial charge in [-0.3, -0.25) is 43.2 Å². The molecule has 1 saturated heterocycles. The Balaban J connectivity index is 1.12. The van der Waals surface area contributed by atoms with Gasteiger partial charge in [0.15, 0.2) is 0 Å². The summed E-state index contributed by atoms with van der Waals surface area (Å²) < 4.78 is 5.68. The first-order valence-electron chi connectivity index (χ1n) is 30.6. The second kappa shape index (κ2) is 34.0. The highest BCUT2D eigenvalue weighted by molar-refractivity contribution is 5.98. The summed E-state index contributed by atoms with van der Waals surface area (Å²) in [6.45, 7) is 8.70. The van der Waals surface area contributed by atoms with E-state index in [-0.39, 0.29) is 82.4 Å². The number of nitrogens with two attached hydrogens (primary N) is 3. The SMILES string of the molecule is CC(C)C[C@H](NC(=O)[C@H](C)NC(=O)[C@@H]1CCCN1C(=O)[C@H](Cc1ccc(O)cc1)NC(=O)[C@H](CCCCN)NC(=O)[C@H](C)NC(=O)[C@H](CCCCN)NC(=O)[C@H](Cc1ccccc1)NC(=O)[C@H](C)NC(=O)OCC1c2ccccc2-c2ccccc21)C(N)=O. The van der Waals surface area contributed by atoms with Crippen molar-refractivity contribution in [1.82, 2.24) is 47.4 Å². The Hall–Kier alpha value is -8.90. The summed E-state index contributed by atoms with van der Waals surface area (Å²) in [5.74, 6) is -6.62. The van der Waals surface area contributed by atoms with Gasteiger partial charge in [0.1, 0.15) is 66.7 Å². The number of benzene rings is 4. The molecular weight excluding hydrogens is 1140 g/mol. The summed E-state index contributed by atoms with van der Waals surface area (Å²) in [4.78, 5) is 139. The number of hydrogen-bond donors (Lipinski definition) is 12. The molecule has 1 aliphatic heterocycles. The van der Waals surface area contributed by atoms with Crippen molar-refractivity contribution in [3.8, 4) is 16.9 Å². The lowest BCUT2D eigenvalue weighted by Gasteiger charge is -2.31. The van der Waals surface area contributed by atoms with Gasteiger partial charge in [-0.2, -0.15) is 0 Å². The van der Waals surface area contributed by atoms with Crippen molar-refractivity contribution in [1.29, 1.82) is 0 Å². The number of carbonyl (C=O) groups is 10. The maximum absolute atomic E-state index is 14.7. The third-order valence-corrected chi connectivity index (χ3v) is 15.8. The van der Waals surface area contributed by atoms with Crippen molar-refractivity contribution < 1.29 is 57.8 Å². The number of phenols is 1. The van der Waals surface area contributed by atoms with E-state index < -0.39 is 114 Å². The van der Waals surface area contributed by atoms with Gasteiger partial charge in [-0.25, -0.2) is 4.79 Å². The van der Waals surface area contributed by atoms with Crippen LogP contribution >= 0.6 is 0 Å². The number of amides is 10. The van der Waals surface area contributed by atoms with Gasteiger partial charge < -0.3 is 74.5 Å². The minimum absolute atomic E-state index is 0.00572. The van der Waals surface area contributed by atoms with E-state index >= 15 is 0 Å². The standard InChI is InChI=1S/C65H88N12O12/c1-38(2)34-52(56(68)79)74-58(81)40(4)70-63(86)55-26-17-33-77(55)64(87)54(36-43-27-29-44(78)30-28-43)76-61(84)51(25-14-16-32-67)72-57(80)39(3)69-60(83)50(24-13-15-31-66)73-62(85)53(35-42-18-7-6-8-19-42)75-59(82)41(5)71-65(88)89-37-49-47-22-11-9-20-45(47)46-21-10-12-23-48(46)49/h6-12,18-23,27-30,38-41,49-55,78H,13-17,24-26,31-37,66-67H2,1-5H3,(H2,68,79)(H,69,83)(H,70,86)(H,71,88)(H,72,80)(H,73,85)(H,74,81)(H,75,82)(H,76,84)/t39-,40-,41-,50-,51-,52-,53-,54-,55-/m0/s1. The van der Waals surface area contributed by atoms with E-state index in [0.717, 1.165) is 22.3 Å². The van der Waals surface area contributed by atoms with E-state index in [4.69, 9.17) is 21.9 Å². The summed E-state index contributed by atoms with van der Waals surface area (Å²) in [5.41, 5.74) is 22.5. The second-order valence-corrected chi connectivity index (χ2v) is 23.3. The van der Waals surface area contributed by atoms with Crippen LogP contribution in [0.25, 0.3) is 11.1 Å². The number of likely N-dealkylation sites (tertiary alicyclic amines) is 1. The van der Waals surface area contributed by atoms with Crippen LogP contribution in [0, 0.1) is 5.92 Å². The van der Waals surface area contributed by atoms with Crippen LogP contribution in [0.5, 0.6) is 5.75 Å². The number of hydrogen-bond acceptors (Lipinski definition) is 14. The molecule has 4 aromatic rings. The summed E-state index contributed by atoms with van der Waals surface area (Å²) in [6, 6.07) is 19.9. The number of nitrogens with one attached hydrogen (secondary N) is 8. The Bertz CT molecular complexity index is 3050. The smallest absolute Gasteiger partial charge is 0.407 e. The number of aromatic hydroxyl groups is 1. The van der Waals surface area contributed by atoms with Gasteiger partial charge >= 0.3 is 6.09 Å². The molecule has 2 aliphatic rings. The molecule has 10 amide bonds. The van der Waals surface area contributed by atoms with Gasteiger partial charge in [0.05, 0.1) is 0 Å². The molecule has 1 heterocycles. The topological polar surface area (TPSA) is 378 Å². The fraction of sp³-hybridized carbons (Fsp3) is 0.477. The van der Waals surface area contributed by atoms with Gasteiger partial charge in [0, 0.05) is 25.3 Å². The summed E-state index contributed by atoms with van der Waals surface area (Å²) in [5, 5.41) is 31.6. The predicted molar refractivity (Wildman–Crippen MR) is 334 cm³/mol.